The number of aliphatic hydroxyl groups is 1. The average molecular weight is 504 g/mol. The van der Waals surface area contributed by atoms with Crippen LogP contribution in [-0.2, 0) is 11.3 Å². The van der Waals surface area contributed by atoms with Crippen molar-refractivity contribution < 1.29 is 14.8 Å². The summed E-state index contributed by atoms with van der Waals surface area (Å²) < 4.78 is 5.66. The molecule has 1 unspecified atom stereocenters. The van der Waals surface area contributed by atoms with Crippen molar-refractivity contribution in [3.8, 4) is 0 Å². The predicted molar refractivity (Wildman–Crippen MR) is 118 cm³/mol. The Balaban J connectivity index is 0.00000280. The molecule has 1 atom stereocenters. The van der Waals surface area contributed by atoms with E-state index in [0.29, 0.717) is 19.1 Å². The topological polar surface area (TPSA) is 109 Å². The summed E-state index contributed by atoms with van der Waals surface area (Å²) in [5.41, 5.74) is 0.997. The van der Waals surface area contributed by atoms with E-state index in [1.54, 1.807) is 12.1 Å². The molecule has 0 radical (unpaired) electrons. The maximum absolute atomic E-state index is 10.8. The van der Waals surface area contributed by atoms with E-state index in [4.69, 9.17) is 4.74 Å². The van der Waals surface area contributed by atoms with Gasteiger partial charge in [0.05, 0.1) is 23.7 Å². The Bertz CT molecular complexity index is 642. The van der Waals surface area contributed by atoms with Crippen LogP contribution in [0.15, 0.2) is 29.3 Å². The number of nitrogens with one attached hydrogen (secondary N) is 2. The highest BCUT2D eigenvalue weighted by Gasteiger charge is 2.21. The molecule has 2 aliphatic rings. The van der Waals surface area contributed by atoms with Crippen molar-refractivity contribution in [2.45, 2.75) is 63.3 Å². The average Bonchev–Trinajstić information content (AvgIpc) is 3.19. The lowest BCUT2D eigenvalue weighted by molar-refractivity contribution is -0.384. The van der Waals surface area contributed by atoms with E-state index >= 15 is 0 Å². The van der Waals surface area contributed by atoms with Crippen molar-refractivity contribution in [3.05, 3.63) is 39.9 Å². The van der Waals surface area contributed by atoms with Gasteiger partial charge in [0.25, 0.3) is 5.69 Å². The number of aliphatic imine (C=N–C) groups is 1. The summed E-state index contributed by atoms with van der Waals surface area (Å²) in [6, 6.07) is 6.76. The molecule has 3 rings (SSSR count). The van der Waals surface area contributed by atoms with Gasteiger partial charge in [-0.3, -0.25) is 10.1 Å². The van der Waals surface area contributed by atoms with Gasteiger partial charge < -0.3 is 20.5 Å². The fraction of sp³-hybridized carbons (Fsp3) is 0.632. The molecule has 2 fully saturated rings. The minimum absolute atomic E-state index is 0. The molecule has 0 bridgehead atoms. The number of aliphatic hydroxyl groups excluding tert-OH is 1. The molecule has 1 saturated carbocycles. The largest absolute Gasteiger partial charge is 0.393 e. The van der Waals surface area contributed by atoms with Crippen LogP contribution in [-0.4, -0.2) is 47.4 Å². The van der Waals surface area contributed by atoms with E-state index < -0.39 is 4.92 Å². The third kappa shape index (κ3) is 7.17. The van der Waals surface area contributed by atoms with E-state index in [2.05, 4.69) is 15.6 Å². The molecule has 1 heterocycles. The van der Waals surface area contributed by atoms with Crippen LogP contribution in [0.3, 0.4) is 0 Å². The van der Waals surface area contributed by atoms with Gasteiger partial charge in [-0.05, 0) is 44.1 Å². The number of halogens is 1. The van der Waals surface area contributed by atoms with E-state index in [0.717, 1.165) is 56.7 Å². The van der Waals surface area contributed by atoms with Crippen LogP contribution >= 0.6 is 24.0 Å². The lowest BCUT2D eigenvalue weighted by Crippen LogP contribution is -2.47. The number of benzene rings is 1. The first-order valence-corrected chi connectivity index (χ1v) is 9.68. The number of hydrogen-bond donors (Lipinski definition) is 3. The first kappa shape index (κ1) is 22.8. The highest BCUT2D eigenvalue weighted by atomic mass is 127. The monoisotopic (exact) mass is 504 g/mol. The van der Waals surface area contributed by atoms with Crippen LogP contribution < -0.4 is 10.6 Å². The van der Waals surface area contributed by atoms with E-state index in [1.807, 2.05) is 0 Å². The van der Waals surface area contributed by atoms with Crippen molar-refractivity contribution in [2.24, 2.45) is 4.99 Å². The minimum atomic E-state index is -0.402. The first-order chi connectivity index (χ1) is 13.1. The first-order valence-electron chi connectivity index (χ1n) is 9.68. The van der Waals surface area contributed by atoms with Gasteiger partial charge in [-0.15, -0.1) is 24.0 Å². The molecule has 156 valence electrons. The molecule has 1 aromatic rings. The highest BCUT2D eigenvalue weighted by molar-refractivity contribution is 14.0. The molecule has 1 aliphatic carbocycles. The number of nitro groups is 1. The minimum Gasteiger partial charge on any atom is -0.393 e. The summed E-state index contributed by atoms with van der Waals surface area (Å²) in [7, 11) is 0. The lowest BCUT2D eigenvalue weighted by Gasteiger charge is -2.28. The zero-order valence-corrected chi connectivity index (χ0v) is 18.2. The molecule has 3 N–H and O–H groups in total. The zero-order valence-electron chi connectivity index (χ0n) is 15.9. The number of ether oxygens (including phenoxy) is 1. The summed E-state index contributed by atoms with van der Waals surface area (Å²) in [5, 5.41) is 27.3. The van der Waals surface area contributed by atoms with E-state index in [1.165, 1.54) is 12.1 Å². The number of hydrogen-bond acceptors (Lipinski definition) is 5. The van der Waals surface area contributed by atoms with Gasteiger partial charge in [0.15, 0.2) is 5.96 Å². The SMILES string of the molecule is I.O=[N+]([O-])c1ccc(CN=C(NCC2CCCO2)NC2CCC(O)CC2)cc1. The fourth-order valence-electron chi connectivity index (χ4n) is 3.48. The van der Waals surface area contributed by atoms with Crippen molar-refractivity contribution in [1.82, 2.24) is 10.6 Å². The molecular formula is C19H29IN4O4. The van der Waals surface area contributed by atoms with Crippen molar-refractivity contribution in [3.63, 3.8) is 0 Å². The third-order valence-electron chi connectivity index (χ3n) is 5.13. The second-order valence-electron chi connectivity index (χ2n) is 7.25. The molecule has 9 heteroatoms. The Hall–Kier alpha value is -1.46. The van der Waals surface area contributed by atoms with Gasteiger partial charge in [0.1, 0.15) is 0 Å². The molecular weight excluding hydrogens is 475 g/mol. The number of nitrogens with zero attached hydrogens (tertiary/aromatic N) is 2. The Morgan fingerprint density at radius 1 is 1.21 bits per heavy atom. The lowest BCUT2D eigenvalue weighted by atomic mass is 9.93. The highest BCUT2D eigenvalue weighted by Crippen LogP contribution is 2.18. The second-order valence-corrected chi connectivity index (χ2v) is 7.25. The van der Waals surface area contributed by atoms with Crippen molar-refractivity contribution >= 4 is 35.6 Å². The second kappa shape index (κ2) is 11.5. The number of guanidine groups is 1. The van der Waals surface area contributed by atoms with Gasteiger partial charge in [0.2, 0.25) is 0 Å². The summed E-state index contributed by atoms with van der Waals surface area (Å²) >= 11 is 0. The maximum atomic E-state index is 10.8. The van der Waals surface area contributed by atoms with Crippen LogP contribution in [0.2, 0.25) is 0 Å². The Kier molecular flexibility index (Phi) is 9.39. The zero-order chi connectivity index (χ0) is 19.1. The Morgan fingerprint density at radius 2 is 1.93 bits per heavy atom. The van der Waals surface area contributed by atoms with Crippen LogP contribution in [0.25, 0.3) is 0 Å². The number of nitro benzene ring substituents is 1. The maximum Gasteiger partial charge on any atom is 0.269 e. The van der Waals surface area contributed by atoms with Gasteiger partial charge >= 0.3 is 0 Å². The number of rotatable bonds is 6. The van der Waals surface area contributed by atoms with Crippen LogP contribution in [0.4, 0.5) is 5.69 Å². The smallest absolute Gasteiger partial charge is 0.269 e. The van der Waals surface area contributed by atoms with Gasteiger partial charge in [-0.2, -0.15) is 0 Å². The molecule has 0 amide bonds. The molecule has 0 aromatic heterocycles. The number of non-ortho nitro benzene ring substituents is 1. The van der Waals surface area contributed by atoms with Crippen LogP contribution in [0.1, 0.15) is 44.1 Å². The summed E-state index contributed by atoms with van der Waals surface area (Å²) in [5.74, 6) is 0.727. The van der Waals surface area contributed by atoms with Crippen molar-refractivity contribution in [1.29, 1.82) is 0 Å². The molecule has 0 spiro atoms. The van der Waals surface area contributed by atoms with Crippen molar-refractivity contribution in [2.75, 3.05) is 13.2 Å². The predicted octanol–water partition coefficient (Wildman–Crippen LogP) is 2.73. The van der Waals surface area contributed by atoms with Gasteiger partial charge in [-0.25, -0.2) is 4.99 Å². The standard InChI is InChI=1S/C19H28N4O4.HI/c24-17-9-5-15(6-10-17)22-19(21-13-18-2-1-11-27-18)20-12-14-3-7-16(8-4-14)23(25)26;/h3-4,7-8,15,17-18,24H,1-2,5-6,9-13H2,(H2,20,21,22);1H. The summed E-state index contributed by atoms with van der Waals surface area (Å²) in [6.07, 6.45) is 5.61. The molecule has 28 heavy (non-hydrogen) atoms. The molecule has 1 saturated heterocycles. The van der Waals surface area contributed by atoms with Gasteiger partial charge in [-0.1, -0.05) is 12.1 Å². The molecule has 8 nitrogen and oxygen atoms in total. The molecule has 1 aliphatic heterocycles. The molecule has 1 aromatic carbocycles. The summed E-state index contributed by atoms with van der Waals surface area (Å²) in [6.45, 7) is 1.96. The Labute approximate surface area is 182 Å². The van der Waals surface area contributed by atoms with Gasteiger partial charge in [0, 0.05) is 31.3 Å². The van der Waals surface area contributed by atoms with Crippen LogP contribution in [0.5, 0.6) is 0 Å². The van der Waals surface area contributed by atoms with Crippen LogP contribution in [0, 0.1) is 10.1 Å². The normalized spacial score (nSPS) is 25.0. The third-order valence-corrected chi connectivity index (χ3v) is 5.13. The summed E-state index contributed by atoms with van der Waals surface area (Å²) in [4.78, 5) is 15.0. The van der Waals surface area contributed by atoms with E-state index in [-0.39, 0.29) is 41.9 Å². The quantitative estimate of drug-likeness (QED) is 0.181. The fourth-order valence-corrected chi connectivity index (χ4v) is 3.48. The van der Waals surface area contributed by atoms with E-state index in [9.17, 15) is 15.2 Å². The Morgan fingerprint density at radius 3 is 2.54 bits per heavy atom.